The van der Waals surface area contributed by atoms with E-state index in [9.17, 15) is 0 Å². The van der Waals surface area contributed by atoms with E-state index >= 15 is 0 Å². The molecule has 4 nitrogen and oxygen atoms in total. The van der Waals surface area contributed by atoms with Crippen molar-refractivity contribution in [2.75, 3.05) is 26.1 Å². The first kappa shape index (κ1) is 19.1. The number of ether oxygens (including phenoxy) is 2. The molecule has 0 aliphatic carbocycles. The predicted octanol–water partition coefficient (Wildman–Crippen LogP) is 4.56. The van der Waals surface area contributed by atoms with Crippen molar-refractivity contribution in [2.24, 2.45) is 5.92 Å². The molecule has 0 bridgehead atoms. The summed E-state index contributed by atoms with van der Waals surface area (Å²) in [7, 11) is 3.27. The van der Waals surface area contributed by atoms with Gasteiger partial charge in [0.25, 0.3) is 0 Å². The molecule has 134 valence electrons. The molecule has 0 aliphatic heterocycles. The Kier molecular flexibility index (Phi) is 7.07. The average molecular weight is 359 g/mol. The van der Waals surface area contributed by atoms with Gasteiger partial charge in [-0.2, -0.15) is 0 Å². The van der Waals surface area contributed by atoms with E-state index in [2.05, 4.69) is 36.2 Å². The van der Waals surface area contributed by atoms with Crippen molar-refractivity contribution in [3.63, 3.8) is 0 Å². The van der Waals surface area contributed by atoms with Crippen molar-refractivity contribution in [3.05, 3.63) is 54.1 Å². The molecule has 1 N–H and O–H groups in total. The van der Waals surface area contributed by atoms with Crippen LogP contribution in [0.15, 0.2) is 48.5 Å². The standard InChI is InChI=1S/C20H26N2O2S/c1-15(2)13-22(14-16-8-6-5-7-9-16)20(25)21-18-11-10-17(23-3)12-19(18)24-4/h5-12,15H,13-14H2,1-4H3,(H,21,25). The third kappa shape index (κ3) is 5.64. The maximum Gasteiger partial charge on any atom is 0.173 e. The molecule has 0 atom stereocenters. The van der Waals surface area contributed by atoms with Crippen molar-refractivity contribution in [2.45, 2.75) is 20.4 Å². The van der Waals surface area contributed by atoms with Crippen LogP contribution >= 0.6 is 12.2 Å². The lowest BCUT2D eigenvalue weighted by molar-refractivity contribution is 0.364. The van der Waals surface area contributed by atoms with Crippen LogP contribution in [0.3, 0.4) is 0 Å². The van der Waals surface area contributed by atoms with Gasteiger partial charge in [0.15, 0.2) is 5.11 Å². The summed E-state index contributed by atoms with van der Waals surface area (Å²) in [6, 6.07) is 16.0. The Morgan fingerprint density at radius 2 is 1.80 bits per heavy atom. The number of anilines is 1. The topological polar surface area (TPSA) is 33.7 Å². The number of benzene rings is 2. The van der Waals surface area contributed by atoms with Gasteiger partial charge in [-0.3, -0.25) is 0 Å². The van der Waals surface area contributed by atoms with Crippen molar-refractivity contribution >= 4 is 23.0 Å². The highest BCUT2D eigenvalue weighted by molar-refractivity contribution is 7.80. The second-order valence-corrected chi connectivity index (χ2v) is 6.64. The minimum Gasteiger partial charge on any atom is -0.497 e. The van der Waals surface area contributed by atoms with E-state index in [4.69, 9.17) is 21.7 Å². The van der Waals surface area contributed by atoms with Gasteiger partial charge in [0, 0.05) is 19.2 Å². The number of methoxy groups -OCH3 is 2. The molecule has 0 spiro atoms. The Balaban J connectivity index is 2.16. The monoisotopic (exact) mass is 358 g/mol. The normalized spacial score (nSPS) is 10.4. The fourth-order valence-corrected chi connectivity index (χ4v) is 2.81. The molecular weight excluding hydrogens is 332 g/mol. The zero-order valence-corrected chi connectivity index (χ0v) is 16.1. The van der Waals surface area contributed by atoms with Crippen LogP contribution in [0.5, 0.6) is 11.5 Å². The number of nitrogens with zero attached hydrogens (tertiary/aromatic N) is 1. The predicted molar refractivity (Wildman–Crippen MR) is 107 cm³/mol. The fourth-order valence-electron chi connectivity index (χ4n) is 2.56. The van der Waals surface area contributed by atoms with Crippen molar-refractivity contribution < 1.29 is 9.47 Å². The van der Waals surface area contributed by atoms with Gasteiger partial charge in [-0.05, 0) is 35.8 Å². The van der Waals surface area contributed by atoms with Crippen LogP contribution in [-0.2, 0) is 6.54 Å². The second kappa shape index (κ2) is 9.28. The molecule has 0 radical (unpaired) electrons. The van der Waals surface area contributed by atoms with Crippen LogP contribution in [0.2, 0.25) is 0 Å². The van der Waals surface area contributed by atoms with E-state index in [0.29, 0.717) is 16.8 Å². The molecule has 5 heteroatoms. The lowest BCUT2D eigenvalue weighted by Gasteiger charge is -2.28. The first-order valence-corrected chi connectivity index (χ1v) is 8.76. The summed E-state index contributed by atoms with van der Waals surface area (Å²) in [5, 5.41) is 4.00. The number of thiocarbonyl (C=S) groups is 1. The summed E-state index contributed by atoms with van der Waals surface area (Å²) in [6.45, 7) is 6.02. The highest BCUT2D eigenvalue weighted by atomic mass is 32.1. The van der Waals surface area contributed by atoms with E-state index in [0.717, 1.165) is 24.5 Å². The van der Waals surface area contributed by atoms with Crippen LogP contribution in [0.25, 0.3) is 0 Å². The van der Waals surface area contributed by atoms with Gasteiger partial charge in [-0.1, -0.05) is 44.2 Å². The average Bonchev–Trinajstić information content (AvgIpc) is 2.62. The molecule has 0 saturated carbocycles. The molecule has 25 heavy (non-hydrogen) atoms. The molecule has 0 unspecified atom stereocenters. The number of hydrogen-bond acceptors (Lipinski definition) is 3. The van der Waals surface area contributed by atoms with E-state index in [-0.39, 0.29) is 0 Å². The zero-order valence-electron chi connectivity index (χ0n) is 15.3. The molecular formula is C20H26N2O2S. The Morgan fingerprint density at radius 3 is 2.40 bits per heavy atom. The van der Waals surface area contributed by atoms with Crippen molar-refractivity contribution in [1.29, 1.82) is 0 Å². The number of nitrogens with one attached hydrogen (secondary N) is 1. The van der Waals surface area contributed by atoms with Crippen LogP contribution < -0.4 is 14.8 Å². The van der Waals surface area contributed by atoms with Crippen molar-refractivity contribution in [3.8, 4) is 11.5 Å². The molecule has 0 aliphatic rings. The Morgan fingerprint density at radius 1 is 1.08 bits per heavy atom. The third-order valence-corrected chi connectivity index (χ3v) is 4.10. The smallest absolute Gasteiger partial charge is 0.173 e. The van der Waals surface area contributed by atoms with Gasteiger partial charge in [-0.15, -0.1) is 0 Å². The van der Waals surface area contributed by atoms with Crippen LogP contribution in [0, 0.1) is 5.92 Å². The van der Waals surface area contributed by atoms with Gasteiger partial charge in [0.05, 0.1) is 19.9 Å². The molecule has 0 fully saturated rings. The third-order valence-electron chi connectivity index (χ3n) is 3.74. The maximum absolute atomic E-state index is 5.67. The SMILES string of the molecule is COc1ccc(NC(=S)N(Cc2ccccc2)CC(C)C)c(OC)c1. The molecule has 0 heterocycles. The van der Waals surface area contributed by atoms with Crippen LogP contribution in [-0.4, -0.2) is 30.8 Å². The van der Waals surface area contributed by atoms with Gasteiger partial charge in [0.1, 0.15) is 11.5 Å². The summed E-state index contributed by atoms with van der Waals surface area (Å²) in [4.78, 5) is 2.18. The molecule has 2 aromatic rings. The maximum atomic E-state index is 5.67. The van der Waals surface area contributed by atoms with Gasteiger partial charge < -0.3 is 19.7 Å². The van der Waals surface area contributed by atoms with Crippen LogP contribution in [0.1, 0.15) is 19.4 Å². The second-order valence-electron chi connectivity index (χ2n) is 6.26. The van der Waals surface area contributed by atoms with Gasteiger partial charge >= 0.3 is 0 Å². The first-order chi connectivity index (χ1) is 12.0. The van der Waals surface area contributed by atoms with Gasteiger partial charge in [0.2, 0.25) is 0 Å². The molecule has 2 rings (SSSR count). The first-order valence-electron chi connectivity index (χ1n) is 8.35. The number of rotatable bonds is 7. The Labute approximate surface area is 155 Å². The van der Waals surface area contributed by atoms with E-state index in [1.54, 1.807) is 14.2 Å². The number of hydrogen-bond donors (Lipinski definition) is 1. The molecule has 0 aromatic heterocycles. The summed E-state index contributed by atoms with van der Waals surface area (Å²) in [5.41, 5.74) is 2.06. The zero-order chi connectivity index (χ0) is 18.2. The van der Waals surface area contributed by atoms with Gasteiger partial charge in [-0.25, -0.2) is 0 Å². The minimum absolute atomic E-state index is 0.501. The van der Waals surface area contributed by atoms with Crippen LogP contribution in [0.4, 0.5) is 5.69 Å². The quantitative estimate of drug-likeness (QED) is 0.734. The summed E-state index contributed by atoms with van der Waals surface area (Å²) < 4.78 is 10.7. The largest absolute Gasteiger partial charge is 0.497 e. The summed E-state index contributed by atoms with van der Waals surface area (Å²) >= 11 is 5.67. The van der Waals surface area contributed by atoms with E-state index < -0.39 is 0 Å². The summed E-state index contributed by atoms with van der Waals surface area (Å²) in [6.07, 6.45) is 0. The molecule has 0 saturated heterocycles. The lowest BCUT2D eigenvalue weighted by Crippen LogP contribution is -2.37. The highest BCUT2D eigenvalue weighted by Gasteiger charge is 2.14. The van der Waals surface area contributed by atoms with E-state index in [1.165, 1.54) is 5.56 Å². The van der Waals surface area contributed by atoms with E-state index in [1.807, 2.05) is 36.4 Å². The Hall–Kier alpha value is -2.27. The highest BCUT2D eigenvalue weighted by Crippen LogP contribution is 2.29. The molecule has 2 aromatic carbocycles. The molecule has 0 amide bonds. The van der Waals surface area contributed by atoms with Crippen molar-refractivity contribution in [1.82, 2.24) is 4.90 Å². The Bertz CT molecular complexity index is 689. The lowest BCUT2D eigenvalue weighted by atomic mass is 10.1. The fraction of sp³-hybridized carbons (Fsp3) is 0.350. The summed E-state index contributed by atoms with van der Waals surface area (Å²) in [5.74, 6) is 1.95. The minimum atomic E-state index is 0.501.